The quantitative estimate of drug-likeness (QED) is 0.157. The lowest BCUT2D eigenvalue weighted by atomic mass is 10.0. The molecule has 1 atom stereocenters. The minimum Gasteiger partial charge on any atom is -0.323 e. The number of fused-ring (bicyclic) bond motifs is 1. The van der Waals surface area contributed by atoms with Crippen molar-refractivity contribution in [3.05, 3.63) is 108 Å². The number of nitrogens with zero attached hydrogens (tertiary/aromatic N) is 2. The largest absolute Gasteiger partial charge is 0.392 e. The number of rotatable bonds is 6. The summed E-state index contributed by atoms with van der Waals surface area (Å²) in [4.78, 5) is 26.8. The van der Waals surface area contributed by atoms with E-state index in [1.54, 1.807) is 6.07 Å². The van der Waals surface area contributed by atoms with Crippen LogP contribution in [-0.2, 0) is 0 Å². The number of hydrogen-bond acceptors (Lipinski definition) is 4. The van der Waals surface area contributed by atoms with Crippen LogP contribution >= 0.6 is 51.1 Å². The number of nitrogens with one attached hydrogen (secondary N) is 1. The summed E-state index contributed by atoms with van der Waals surface area (Å²) in [5.74, 6) is -4.85. The van der Waals surface area contributed by atoms with E-state index in [4.69, 9.17) is 23.2 Å². The van der Waals surface area contributed by atoms with Crippen molar-refractivity contribution < 1.29 is 27.2 Å². The molecular formula is C26H13BrCl2F4N3O2S+. The van der Waals surface area contributed by atoms with E-state index in [0.717, 1.165) is 35.0 Å². The Morgan fingerprint density at radius 1 is 1.08 bits per heavy atom. The number of ketones is 1. The first-order chi connectivity index (χ1) is 18.6. The van der Waals surface area contributed by atoms with Gasteiger partial charge in [0.15, 0.2) is 5.82 Å². The van der Waals surface area contributed by atoms with Gasteiger partial charge in [0.1, 0.15) is 34.8 Å². The molecule has 2 heterocycles. The number of hydrogen-bond donors (Lipinski definition) is 1. The third-order valence-electron chi connectivity index (χ3n) is 5.84. The second-order valence-corrected chi connectivity index (χ2v) is 10.8. The van der Waals surface area contributed by atoms with Gasteiger partial charge in [-0.1, -0.05) is 29.3 Å². The predicted molar refractivity (Wildman–Crippen MR) is 147 cm³/mol. The van der Waals surface area contributed by atoms with Gasteiger partial charge in [-0.05, 0) is 48.4 Å². The molecule has 198 valence electrons. The molecule has 0 fully saturated rings. The van der Waals surface area contributed by atoms with Gasteiger partial charge in [0.25, 0.3) is 4.62 Å². The molecule has 1 aromatic heterocycles. The van der Waals surface area contributed by atoms with Crippen molar-refractivity contribution in [2.75, 3.05) is 4.72 Å². The molecule has 0 amide bonds. The van der Waals surface area contributed by atoms with Crippen LogP contribution < -0.4 is 20.1 Å². The lowest BCUT2D eigenvalue weighted by Crippen LogP contribution is -2.35. The molecule has 1 N–H and O–H groups in total. The third kappa shape index (κ3) is 5.13. The minimum absolute atomic E-state index is 0.0326. The smallest absolute Gasteiger partial charge is 0.323 e. The second kappa shape index (κ2) is 10.8. The molecule has 0 radical (unpaired) electrons. The van der Waals surface area contributed by atoms with Crippen LogP contribution in [-0.4, -0.2) is 27.1 Å². The van der Waals surface area contributed by atoms with E-state index in [9.17, 15) is 22.8 Å². The molecule has 0 spiro atoms. The van der Waals surface area contributed by atoms with Crippen molar-refractivity contribution in [1.29, 1.82) is 0 Å². The van der Waals surface area contributed by atoms with E-state index in [1.165, 1.54) is 18.2 Å². The highest BCUT2D eigenvalue weighted by Gasteiger charge is 2.33. The predicted octanol–water partition coefficient (Wildman–Crippen LogP) is 5.81. The van der Waals surface area contributed by atoms with Gasteiger partial charge in [-0.25, -0.2) is 22.4 Å². The van der Waals surface area contributed by atoms with Gasteiger partial charge in [0.2, 0.25) is 5.78 Å². The molecule has 0 bridgehead atoms. The lowest BCUT2D eigenvalue weighted by Gasteiger charge is -2.16. The Labute approximate surface area is 240 Å². The zero-order valence-electron chi connectivity index (χ0n) is 19.2. The van der Waals surface area contributed by atoms with Crippen LogP contribution in [0, 0.1) is 11.6 Å². The Kier molecular flexibility index (Phi) is 7.63. The zero-order valence-corrected chi connectivity index (χ0v) is 23.2. The Bertz CT molecular complexity index is 1800. The summed E-state index contributed by atoms with van der Waals surface area (Å²) in [6.07, 6.45) is 2.88. The van der Waals surface area contributed by atoms with E-state index in [0.29, 0.717) is 11.9 Å². The summed E-state index contributed by atoms with van der Waals surface area (Å²) in [6.45, 7) is 0. The van der Waals surface area contributed by atoms with Crippen LogP contribution in [0.25, 0.3) is 6.08 Å². The number of aromatic nitrogens is 1. The maximum absolute atomic E-state index is 15.5. The molecule has 13 heteroatoms. The summed E-state index contributed by atoms with van der Waals surface area (Å²) in [5, 5.41) is 0.255. The van der Waals surface area contributed by atoms with Gasteiger partial charge in [0.05, 0.1) is 26.9 Å². The number of allylic oxidation sites excluding steroid dienone is 4. The summed E-state index contributed by atoms with van der Waals surface area (Å²) in [5.41, 5.74) is -1.48. The minimum atomic E-state index is -1.51. The number of benzene rings is 2. The monoisotopic (exact) mass is 656 g/mol. The fourth-order valence-corrected chi connectivity index (χ4v) is 5.71. The van der Waals surface area contributed by atoms with Crippen molar-refractivity contribution >= 4 is 79.2 Å². The Morgan fingerprint density at radius 3 is 2.51 bits per heavy atom. The summed E-state index contributed by atoms with van der Waals surface area (Å²) >= 11 is 16.2. The van der Waals surface area contributed by atoms with Crippen molar-refractivity contribution in [2.45, 2.75) is 12.6 Å². The zero-order chi connectivity index (χ0) is 28.0. The van der Waals surface area contributed by atoms with E-state index in [-0.39, 0.29) is 53.5 Å². The molecule has 2 aromatic carbocycles. The maximum Gasteiger partial charge on any atom is 0.392 e. The van der Waals surface area contributed by atoms with Crippen molar-refractivity contribution in [2.24, 2.45) is 0 Å². The number of alkyl halides is 1. The van der Waals surface area contributed by atoms with E-state index < -0.39 is 40.9 Å². The van der Waals surface area contributed by atoms with Crippen LogP contribution in [0.5, 0.6) is 0 Å². The first-order valence-electron chi connectivity index (χ1n) is 11.1. The highest BCUT2D eigenvalue weighted by molar-refractivity contribution is 9.18. The average molecular weight is 658 g/mol. The van der Waals surface area contributed by atoms with Gasteiger partial charge < -0.3 is 4.72 Å². The molecule has 5 nitrogen and oxygen atoms in total. The topological polar surface area (TPSA) is 65.2 Å². The van der Waals surface area contributed by atoms with Crippen LogP contribution in [0.2, 0.25) is 10.0 Å². The van der Waals surface area contributed by atoms with Crippen LogP contribution in [0.4, 0.5) is 23.2 Å². The molecule has 1 unspecified atom stereocenters. The normalized spacial score (nSPS) is 16.0. The molecule has 1 aliphatic heterocycles. The van der Waals surface area contributed by atoms with Crippen molar-refractivity contribution in [3.8, 4) is 0 Å². The highest BCUT2D eigenvalue weighted by atomic mass is 79.9. The lowest BCUT2D eigenvalue weighted by molar-refractivity contribution is 0.0956. The summed E-state index contributed by atoms with van der Waals surface area (Å²) in [7, 11) is 0. The van der Waals surface area contributed by atoms with Gasteiger partial charge in [0, 0.05) is 33.3 Å². The average Bonchev–Trinajstić information content (AvgIpc) is 3.42. The highest BCUT2D eigenvalue weighted by Crippen LogP contribution is 2.33. The Hall–Kier alpha value is -3.08. The fraction of sp³-hybridized carbons (Fsp3) is 0.0769. The first-order valence-corrected chi connectivity index (χ1v) is 13.4. The van der Waals surface area contributed by atoms with E-state index >= 15 is 4.39 Å². The van der Waals surface area contributed by atoms with Gasteiger partial charge in [-0.15, -0.1) is 4.57 Å². The number of halogens is 7. The molecule has 5 rings (SSSR count). The third-order valence-corrected chi connectivity index (χ3v) is 7.81. The second-order valence-electron chi connectivity index (χ2n) is 8.29. The molecule has 2 aliphatic rings. The molecule has 0 saturated carbocycles. The number of carbonyl (C=O) groups is 2. The van der Waals surface area contributed by atoms with E-state index in [2.05, 4.69) is 25.3 Å². The Balaban J connectivity index is 1.55. The summed E-state index contributed by atoms with van der Waals surface area (Å²) in [6, 6.07) is 6.37. The van der Waals surface area contributed by atoms with Gasteiger partial charge in [-0.2, -0.15) is 4.67 Å². The van der Waals surface area contributed by atoms with Gasteiger partial charge in [-0.3, -0.25) is 4.79 Å². The van der Waals surface area contributed by atoms with Crippen molar-refractivity contribution in [3.63, 3.8) is 0 Å². The molecule has 1 aliphatic carbocycles. The standard InChI is InChI=1S/C26H13BrCl2F4N3O2S/c27-20-9-12-13(10-36(25(12)34-20)26(38)21-14(28)2-1-3-15(21)29)24(37)22-17(32)6-7-18(23(22)33)35-39-19-8-11(30)4-5-16(19)31/h1-4,6-10,16,35H,5H2/q+1. The van der Waals surface area contributed by atoms with Crippen LogP contribution in [0.3, 0.4) is 0 Å². The molecule has 3 aromatic rings. The number of carbonyl (C=O) groups excluding carboxylic acids is 2. The fourth-order valence-electron chi connectivity index (χ4n) is 3.98. The van der Waals surface area contributed by atoms with Gasteiger partial charge >= 0.3 is 11.4 Å². The van der Waals surface area contributed by atoms with E-state index in [1.807, 2.05) is 0 Å². The van der Waals surface area contributed by atoms with Crippen LogP contribution in [0.1, 0.15) is 32.7 Å². The van der Waals surface area contributed by atoms with Crippen molar-refractivity contribution in [1.82, 2.24) is 9.24 Å². The maximum atomic E-state index is 15.5. The van der Waals surface area contributed by atoms with Crippen LogP contribution in [0.15, 0.2) is 59.4 Å². The Morgan fingerprint density at radius 2 is 1.79 bits per heavy atom. The molecule has 39 heavy (non-hydrogen) atoms. The number of anilines is 1. The SMILES string of the molecule is O=C(c1c(F)ccc(NSC2=CC(F)=CCC2F)c1F)c1cn(C(=O)c2c(Cl)cccc2Cl)c2c1=CC(Br)=[N+]=2. The molecule has 0 saturated heterocycles. The summed E-state index contributed by atoms with van der Waals surface area (Å²) < 4.78 is 66.0. The first kappa shape index (κ1) is 27.5. The molecular weight excluding hydrogens is 645 g/mol.